The van der Waals surface area contributed by atoms with E-state index in [1.54, 1.807) is 0 Å². The van der Waals surface area contributed by atoms with Gasteiger partial charge in [0.05, 0.1) is 11.3 Å². The fourth-order valence-electron chi connectivity index (χ4n) is 1.77. The first-order valence-electron chi connectivity index (χ1n) is 5.31. The summed E-state index contributed by atoms with van der Waals surface area (Å²) in [5.41, 5.74) is 8.82. The van der Waals surface area contributed by atoms with Crippen molar-refractivity contribution in [1.29, 1.82) is 0 Å². The lowest BCUT2D eigenvalue weighted by Gasteiger charge is -2.04. The summed E-state index contributed by atoms with van der Waals surface area (Å²) in [7, 11) is 0. The van der Waals surface area contributed by atoms with Crippen molar-refractivity contribution < 1.29 is 0 Å². The molecular weight excluding hydrogens is 282 g/mol. The van der Waals surface area contributed by atoms with E-state index >= 15 is 0 Å². The van der Waals surface area contributed by atoms with Gasteiger partial charge in [-0.2, -0.15) is 0 Å². The number of aromatic nitrogens is 2. The van der Waals surface area contributed by atoms with Gasteiger partial charge in [-0.15, -0.1) is 0 Å². The van der Waals surface area contributed by atoms with Crippen LogP contribution < -0.4 is 11.3 Å². The third-order valence-electron chi connectivity index (χ3n) is 2.80. The van der Waals surface area contributed by atoms with Crippen LogP contribution in [0.15, 0.2) is 27.5 Å². The van der Waals surface area contributed by atoms with Crippen molar-refractivity contribution in [2.45, 2.75) is 20.4 Å². The minimum atomic E-state index is -0.0771. The van der Waals surface area contributed by atoms with Crippen LogP contribution in [0, 0.1) is 13.8 Å². The molecule has 5 heteroatoms. The molecule has 0 aliphatic carbocycles. The topological polar surface area (TPSA) is 63.8 Å². The van der Waals surface area contributed by atoms with Crippen LogP contribution >= 0.6 is 15.9 Å². The number of aryl methyl sites for hydroxylation is 2. The van der Waals surface area contributed by atoms with Crippen LogP contribution in [-0.2, 0) is 6.54 Å². The first kappa shape index (κ1) is 12.1. The summed E-state index contributed by atoms with van der Waals surface area (Å²) in [5, 5.41) is 3.04. The second-order valence-corrected chi connectivity index (χ2v) is 4.85. The van der Waals surface area contributed by atoms with E-state index in [0.29, 0.717) is 5.56 Å². The Labute approximate surface area is 108 Å². The van der Waals surface area contributed by atoms with Gasteiger partial charge in [0.25, 0.3) is 5.56 Å². The van der Waals surface area contributed by atoms with Crippen molar-refractivity contribution in [3.63, 3.8) is 0 Å². The summed E-state index contributed by atoms with van der Waals surface area (Å²) in [6.07, 6.45) is 0. The third-order valence-corrected chi connectivity index (χ3v) is 3.69. The molecule has 0 atom stereocenters. The maximum absolute atomic E-state index is 12.1. The lowest BCUT2D eigenvalue weighted by molar-refractivity contribution is 0.833. The summed E-state index contributed by atoms with van der Waals surface area (Å²) < 4.78 is 2.55. The molecule has 2 rings (SSSR count). The molecule has 0 saturated heterocycles. The molecule has 0 spiro atoms. The molecule has 0 fully saturated rings. The Morgan fingerprint density at radius 2 is 2.12 bits per heavy atom. The Morgan fingerprint density at radius 3 is 2.65 bits per heavy atom. The molecule has 0 saturated carbocycles. The summed E-state index contributed by atoms with van der Waals surface area (Å²) in [5.74, 6) is 0. The Balaban J connectivity index is 2.61. The van der Waals surface area contributed by atoms with Crippen molar-refractivity contribution in [2.24, 2.45) is 5.73 Å². The number of aromatic amines is 1. The van der Waals surface area contributed by atoms with Gasteiger partial charge in [0.2, 0.25) is 0 Å². The maximum Gasteiger partial charge on any atom is 0.275 e. The highest BCUT2D eigenvalue weighted by Crippen LogP contribution is 2.18. The molecule has 1 aromatic heterocycles. The van der Waals surface area contributed by atoms with Crippen molar-refractivity contribution in [2.75, 3.05) is 0 Å². The zero-order valence-corrected chi connectivity index (χ0v) is 11.3. The van der Waals surface area contributed by atoms with Crippen LogP contribution in [0.3, 0.4) is 0 Å². The second kappa shape index (κ2) is 4.50. The Morgan fingerprint density at radius 1 is 1.41 bits per heavy atom. The van der Waals surface area contributed by atoms with E-state index in [0.717, 1.165) is 21.4 Å². The molecule has 0 amide bonds. The average molecular weight is 296 g/mol. The Hall–Kier alpha value is -1.33. The van der Waals surface area contributed by atoms with Gasteiger partial charge in [-0.3, -0.25) is 9.89 Å². The number of H-pyrrole nitrogens is 1. The first-order chi connectivity index (χ1) is 8.04. The zero-order chi connectivity index (χ0) is 12.6. The molecule has 0 unspecified atom stereocenters. The predicted molar refractivity (Wildman–Crippen MR) is 71.5 cm³/mol. The van der Waals surface area contributed by atoms with Crippen molar-refractivity contribution >= 4 is 15.9 Å². The molecule has 17 heavy (non-hydrogen) atoms. The number of nitrogens with two attached hydrogens (primary N) is 1. The number of hydrogen-bond donors (Lipinski definition) is 2. The molecular formula is C12H14BrN3O. The van der Waals surface area contributed by atoms with E-state index in [-0.39, 0.29) is 12.1 Å². The second-order valence-electron chi connectivity index (χ2n) is 3.99. The van der Waals surface area contributed by atoms with Crippen molar-refractivity contribution in [1.82, 2.24) is 9.78 Å². The lowest BCUT2D eigenvalue weighted by atomic mass is 10.2. The molecule has 0 aliphatic rings. The highest BCUT2D eigenvalue weighted by atomic mass is 79.9. The molecule has 0 radical (unpaired) electrons. The van der Waals surface area contributed by atoms with Gasteiger partial charge in [-0.05, 0) is 37.6 Å². The summed E-state index contributed by atoms with van der Waals surface area (Å²) >= 11 is 3.44. The molecule has 0 bridgehead atoms. The smallest absolute Gasteiger partial charge is 0.275 e. The summed E-state index contributed by atoms with van der Waals surface area (Å²) in [6.45, 7) is 4.09. The molecule has 3 N–H and O–H groups in total. The normalized spacial score (nSPS) is 10.8. The molecule has 90 valence electrons. The van der Waals surface area contributed by atoms with Crippen LogP contribution in [0.5, 0.6) is 0 Å². The van der Waals surface area contributed by atoms with Gasteiger partial charge in [0.15, 0.2) is 0 Å². The minimum Gasteiger partial charge on any atom is -0.326 e. The quantitative estimate of drug-likeness (QED) is 0.890. The SMILES string of the molecule is Cc1cc(-n2[nH]c(C)c(CN)c2=O)ccc1Br. The van der Waals surface area contributed by atoms with Crippen LogP contribution in [0.2, 0.25) is 0 Å². The maximum atomic E-state index is 12.1. The molecule has 4 nitrogen and oxygen atoms in total. The van der Waals surface area contributed by atoms with Crippen LogP contribution in [0.1, 0.15) is 16.8 Å². The summed E-state index contributed by atoms with van der Waals surface area (Å²) in [6, 6.07) is 5.76. The highest BCUT2D eigenvalue weighted by molar-refractivity contribution is 9.10. The molecule has 1 aromatic carbocycles. The number of benzene rings is 1. The molecule has 2 aromatic rings. The van der Waals surface area contributed by atoms with Gasteiger partial charge in [-0.1, -0.05) is 15.9 Å². The fraction of sp³-hybridized carbons (Fsp3) is 0.250. The third kappa shape index (κ3) is 2.08. The standard InChI is InChI=1S/C12H14BrN3O/c1-7-5-9(3-4-11(7)13)16-12(17)10(6-14)8(2)15-16/h3-5,15H,6,14H2,1-2H3. The highest BCUT2D eigenvalue weighted by Gasteiger charge is 2.11. The lowest BCUT2D eigenvalue weighted by Crippen LogP contribution is -2.19. The van der Waals surface area contributed by atoms with Gasteiger partial charge < -0.3 is 5.73 Å². The molecule has 0 aliphatic heterocycles. The van der Waals surface area contributed by atoms with Gasteiger partial charge in [0.1, 0.15) is 0 Å². The van der Waals surface area contributed by atoms with Crippen LogP contribution in [-0.4, -0.2) is 9.78 Å². The van der Waals surface area contributed by atoms with Crippen LogP contribution in [0.25, 0.3) is 5.69 Å². The number of halogens is 1. The van der Waals surface area contributed by atoms with E-state index in [4.69, 9.17) is 5.73 Å². The first-order valence-corrected chi connectivity index (χ1v) is 6.11. The Kier molecular flexibility index (Phi) is 3.22. The Bertz CT molecular complexity index is 613. The number of nitrogens with one attached hydrogen (secondary N) is 1. The number of rotatable bonds is 2. The number of nitrogens with zero attached hydrogens (tertiary/aromatic N) is 1. The van der Waals surface area contributed by atoms with Gasteiger partial charge >= 0.3 is 0 Å². The van der Waals surface area contributed by atoms with E-state index < -0.39 is 0 Å². The van der Waals surface area contributed by atoms with Crippen molar-refractivity contribution in [3.05, 3.63) is 49.8 Å². The van der Waals surface area contributed by atoms with E-state index in [1.807, 2.05) is 32.0 Å². The monoisotopic (exact) mass is 295 g/mol. The van der Waals surface area contributed by atoms with Crippen LogP contribution in [0.4, 0.5) is 0 Å². The van der Waals surface area contributed by atoms with E-state index in [1.165, 1.54) is 4.68 Å². The summed E-state index contributed by atoms with van der Waals surface area (Å²) in [4.78, 5) is 12.1. The average Bonchev–Trinajstić information content (AvgIpc) is 2.58. The number of hydrogen-bond acceptors (Lipinski definition) is 2. The van der Waals surface area contributed by atoms with Gasteiger partial charge in [-0.25, -0.2) is 4.68 Å². The van der Waals surface area contributed by atoms with Crippen molar-refractivity contribution in [3.8, 4) is 5.69 Å². The zero-order valence-electron chi connectivity index (χ0n) is 9.75. The predicted octanol–water partition coefficient (Wildman–Crippen LogP) is 2.00. The van der Waals surface area contributed by atoms with Gasteiger partial charge in [0, 0.05) is 16.7 Å². The minimum absolute atomic E-state index is 0.0771. The van der Waals surface area contributed by atoms with E-state index in [2.05, 4.69) is 21.0 Å². The largest absolute Gasteiger partial charge is 0.326 e. The molecule has 1 heterocycles. The van der Waals surface area contributed by atoms with E-state index in [9.17, 15) is 4.79 Å². The fourth-order valence-corrected chi connectivity index (χ4v) is 2.02.